The Morgan fingerprint density at radius 3 is 3.32 bits per heavy atom. The van der Waals surface area contributed by atoms with Crippen LogP contribution in [0.2, 0.25) is 0 Å². The number of amides is 1. The lowest BCUT2D eigenvalue weighted by molar-refractivity contribution is -0.117. The molecule has 2 heterocycles. The van der Waals surface area contributed by atoms with Crippen molar-refractivity contribution in [3.63, 3.8) is 0 Å². The molecule has 0 spiro atoms. The number of fused-ring (bicyclic) bond motifs is 1. The predicted octanol–water partition coefficient (Wildman–Crippen LogP) is 0.880. The van der Waals surface area contributed by atoms with Crippen LogP contribution in [0.3, 0.4) is 0 Å². The summed E-state index contributed by atoms with van der Waals surface area (Å²) in [5.74, 6) is -0.0122. The van der Waals surface area contributed by atoms with E-state index < -0.39 is 0 Å². The van der Waals surface area contributed by atoms with Crippen molar-refractivity contribution < 1.29 is 9.53 Å². The van der Waals surface area contributed by atoms with Crippen LogP contribution in [0.25, 0.3) is 11.0 Å². The first-order valence-corrected chi connectivity index (χ1v) is 6.35. The molecule has 19 heavy (non-hydrogen) atoms. The molecular formula is C13H16N4O2. The molecule has 0 bridgehead atoms. The molecule has 0 aliphatic carbocycles. The Hall–Kier alpha value is -1.92. The predicted molar refractivity (Wildman–Crippen MR) is 72.0 cm³/mol. The highest BCUT2D eigenvalue weighted by Gasteiger charge is 2.16. The van der Waals surface area contributed by atoms with Gasteiger partial charge in [-0.2, -0.15) is 0 Å². The second-order valence-electron chi connectivity index (χ2n) is 4.61. The number of H-pyrrole nitrogens is 1. The standard InChI is InChI=1S/C13H16N4O2/c18-13(6-10-7-19-4-3-14-10)17-9-1-2-11-12(5-9)16-8-15-11/h1-2,5,8,10,14H,3-4,6-7H2,(H,15,16)(H,17,18). The molecule has 1 atom stereocenters. The maximum Gasteiger partial charge on any atom is 0.226 e. The van der Waals surface area contributed by atoms with Gasteiger partial charge in [-0.1, -0.05) is 0 Å². The summed E-state index contributed by atoms with van der Waals surface area (Å²) in [6.07, 6.45) is 2.06. The van der Waals surface area contributed by atoms with Crippen LogP contribution >= 0.6 is 0 Å². The first-order chi connectivity index (χ1) is 9.31. The van der Waals surface area contributed by atoms with Gasteiger partial charge in [0.1, 0.15) is 0 Å². The highest BCUT2D eigenvalue weighted by molar-refractivity contribution is 5.93. The summed E-state index contributed by atoms with van der Waals surface area (Å²) in [6.45, 7) is 2.11. The largest absolute Gasteiger partial charge is 0.378 e. The molecule has 1 aliphatic rings. The summed E-state index contributed by atoms with van der Waals surface area (Å²) in [4.78, 5) is 19.1. The van der Waals surface area contributed by atoms with E-state index in [0.29, 0.717) is 19.6 Å². The Kier molecular flexibility index (Phi) is 3.43. The summed E-state index contributed by atoms with van der Waals surface area (Å²) in [7, 11) is 0. The van der Waals surface area contributed by atoms with Crippen molar-refractivity contribution in [3.8, 4) is 0 Å². The fourth-order valence-electron chi connectivity index (χ4n) is 2.20. The van der Waals surface area contributed by atoms with Gasteiger partial charge in [0.25, 0.3) is 0 Å². The number of imidazole rings is 1. The summed E-state index contributed by atoms with van der Waals surface area (Å²) in [5, 5.41) is 6.15. The average molecular weight is 260 g/mol. The van der Waals surface area contributed by atoms with Gasteiger partial charge in [0, 0.05) is 24.7 Å². The molecule has 3 N–H and O–H groups in total. The van der Waals surface area contributed by atoms with Gasteiger partial charge in [-0.25, -0.2) is 4.98 Å². The normalized spacial score (nSPS) is 19.5. The van der Waals surface area contributed by atoms with E-state index in [1.165, 1.54) is 0 Å². The Morgan fingerprint density at radius 1 is 1.53 bits per heavy atom. The molecule has 1 fully saturated rings. The molecule has 0 saturated carbocycles. The minimum absolute atomic E-state index is 0.0122. The number of hydrogen-bond donors (Lipinski definition) is 3. The molecule has 6 heteroatoms. The molecule has 100 valence electrons. The van der Waals surface area contributed by atoms with Crippen LogP contribution < -0.4 is 10.6 Å². The number of carbonyl (C=O) groups excluding carboxylic acids is 1. The van der Waals surface area contributed by atoms with E-state index in [2.05, 4.69) is 20.6 Å². The first kappa shape index (κ1) is 12.1. The summed E-state index contributed by atoms with van der Waals surface area (Å²) in [6, 6.07) is 5.71. The Balaban J connectivity index is 1.61. The molecule has 6 nitrogen and oxygen atoms in total. The lowest BCUT2D eigenvalue weighted by Crippen LogP contribution is -2.43. The molecule has 2 aromatic rings. The van der Waals surface area contributed by atoms with Crippen molar-refractivity contribution >= 4 is 22.6 Å². The molecular weight excluding hydrogens is 244 g/mol. The third-order valence-corrected chi connectivity index (χ3v) is 3.13. The SMILES string of the molecule is O=C(CC1COCCN1)Nc1ccc2nc[nH]c2c1. The van der Waals surface area contributed by atoms with Crippen LogP contribution in [0, 0.1) is 0 Å². The molecule has 1 aromatic heterocycles. The van der Waals surface area contributed by atoms with E-state index in [-0.39, 0.29) is 11.9 Å². The lowest BCUT2D eigenvalue weighted by Gasteiger charge is -2.23. The van der Waals surface area contributed by atoms with E-state index in [4.69, 9.17) is 4.74 Å². The average Bonchev–Trinajstić information content (AvgIpc) is 2.87. The van der Waals surface area contributed by atoms with Gasteiger partial charge < -0.3 is 20.4 Å². The quantitative estimate of drug-likeness (QED) is 0.765. The van der Waals surface area contributed by atoms with Crippen LogP contribution in [0.1, 0.15) is 6.42 Å². The highest BCUT2D eigenvalue weighted by Crippen LogP contribution is 2.16. The van der Waals surface area contributed by atoms with Crippen LogP contribution in [-0.4, -0.2) is 41.7 Å². The number of morpholine rings is 1. The second-order valence-corrected chi connectivity index (χ2v) is 4.61. The smallest absolute Gasteiger partial charge is 0.226 e. The molecule has 1 amide bonds. The maximum atomic E-state index is 11.9. The number of nitrogens with zero attached hydrogens (tertiary/aromatic N) is 1. The fraction of sp³-hybridized carbons (Fsp3) is 0.385. The van der Waals surface area contributed by atoms with Gasteiger partial charge in [0.2, 0.25) is 5.91 Å². The van der Waals surface area contributed by atoms with Gasteiger partial charge in [-0.05, 0) is 18.2 Å². The monoisotopic (exact) mass is 260 g/mol. The van der Waals surface area contributed by atoms with Gasteiger partial charge in [0.15, 0.2) is 0 Å². The fourth-order valence-corrected chi connectivity index (χ4v) is 2.20. The van der Waals surface area contributed by atoms with Crippen molar-refractivity contribution in [2.45, 2.75) is 12.5 Å². The topological polar surface area (TPSA) is 79.0 Å². The van der Waals surface area contributed by atoms with E-state index >= 15 is 0 Å². The number of nitrogens with one attached hydrogen (secondary N) is 3. The number of hydrogen-bond acceptors (Lipinski definition) is 4. The molecule has 1 unspecified atom stereocenters. The molecule has 1 aromatic carbocycles. The Morgan fingerprint density at radius 2 is 2.47 bits per heavy atom. The molecule has 3 rings (SSSR count). The van der Waals surface area contributed by atoms with Crippen molar-refractivity contribution in [2.75, 3.05) is 25.1 Å². The molecule has 1 saturated heterocycles. The number of aromatic amines is 1. The number of carbonyl (C=O) groups is 1. The summed E-state index contributed by atoms with van der Waals surface area (Å²) >= 11 is 0. The maximum absolute atomic E-state index is 11.9. The van der Waals surface area contributed by atoms with Crippen molar-refractivity contribution in [1.29, 1.82) is 0 Å². The van der Waals surface area contributed by atoms with Crippen molar-refractivity contribution in [1.82, 2.24) is 15.3 Å². The number of benzene rings is 1. The van der Waals surface area contributed by atoms with Gasteiger partial charge in [-0.3, -0.25) is 4.79 Å². The third kappa shape index (κ3) is 2.91. The number of ether oxygens (including phenoxy) is 1. The number of rotatable bonds is 3. The number of anilines is 1. The van der Waals surface area contributed by atoms with E-state index in [1.54, 1.807) is 6.33 Å². The summed E-state index contributed by atoms with van der Waals surface area (Å²) in [5.41, 5.74) is 2.58. The van der Waals surface area contributed by atoms with Gasteiger partial charge >= 0.3 is 0 Å². The van der Waals surface area contributed by atoms with Crippen LogP contribution in [0.5, 0.6) is 0 Å². The summed E-state index contributed by atoms with van der Waals surface area (Å²) < 4.78 is 5.32. The van der Waals surface area contributed by atoms with Crippen LogP contribution in [0.4, 0.5) is 5.69 Å². The van der Waals surface area contributed by atoms with E-state index in [9.17, 15) is 4.79 Å². The van der Waals surface area contributed by atoms with Crippen molar-refractivity contribution in [3.05, 3.63) is 24.5 Å². The zero-order valence-electron chi connectivity index (χ0n) is 10.5. The van der Waals surface area contributed by atoms with Gasteiger partial charge in [0.05, 0.1) is 30.6 Å². The van der Waals surface area contributed by atoms with Gasteiger partial charge in [-0.15, -0.1) is 0 Å². The van der Waals surface area contributed by atoms with Crippen LogP contribution in [0.15, 0.2) is 24.5 Å². The van der Waals surface area contributed by atoms with E-state index in [1.807, 2.05) is 18.2 Å². The minimum atomic E-state index is -0.0122. The zero-order chi connectivity index (χ0) is 13.1. The van der Waals surface area contributed by atoms with Crippen LogP contribution in [-0.2, 0) is 9.53 Å². The third-order valence-electron chi connectivity index (χ3n) is 3.13. The molecule has 1 aliphatic heterocycles. The Bertz CT molecular complexity index is 575. The number of aromatic nitrogens is 2. The first-order valence-electron chi connectivity index (χ1n) is 6.35. The second kappa shape index (κ2) is 5.38. The van der Waals surface area contributed by atoms with E-state index in [0.717, 1.165) is 23.3 Å². The highest BCUT2D eigenvalue weighted by atomic mass is 16.5. The Labute approximate surface area is 110 Å². The lowest BCUT2D eigenvalue weighted by atomic mass is 10.2. The van der Waals surface area contributed by atoms with Crippen molar-refractivity contribution in [2.24, 2.45) is 0 Å². The zero-order valence-corrected chi connectivity index (χ0v) is 10.5. The minimum Gasteiger partial charge on any atom is -0.378 e. The molecule has 0 radical (unpaired) electrons.